The number of sulfonamides is 1. The zero-order valence-electron chi connectivity index (χ0n) is 12.8. The van der Waals surface area contributed by atoms with Crippen LogP contribution in [0.3, 0.4) is 0 Å². The lowest BCUT2D eigenvalue weighted by Gasteiger charge is -2.32. The summed E-state index contributed by atoms with van der Waals surface area (Å²) in [5.41, 5.74) is 0. The average Bonchev–Trinajstić information content (AvgIpc) is 2.94. The average molecular weight is 332 g/mol. The van der Waals surface area contributed by atoms with Crippen molar-refractivity contribution in [3.05, 3.63) is 17.0 Å². The molecule has 1 atom stereocenters. The van der Waals surface area contributed by atoms with Crippen molar-refractivity contribution in [1.82, 2.24) is 14.9 Å². The standard InChI is InChI=1S/C14H25N3O2S2/c1-3-15-11-13-7-8-14(20-13)21(18,19)16-10-12-6-4-5-9-17(12)2/h7-8,12,15-16H,3-6,9-11H2,1-2H3. The Labute approximate surface area is 131 Å². The van der Waals surface area contributed by atoms with Crippen molar-refractivity contribution < 1.29 is 8.42 Å². The summed E-state index contributed by atoms with van der Waals surface area (Å²) in [6, 6.07) is 3.90. The van der Waals surface area contributed by atoms with Crippen LogP contribution in [0.2, 0.25) is 0 Å². The third kappa shape index (κ3) is 4.75. The summed E-state index contributed by atoms with van der Waals surface area (Å²) in [7, 11) is -1.31. The summed E-state index contributed by atoms with van der Waals surface area (Å²) in [4.78, 5) is 3.30. The molecule has 0 saturated carbocycles. The van der Waals surface area contributed by atoms with Gasteiger partial charge in [0.15, 0.2) is 0 Å². The molecule has 0 amide bonds. The van der Waals surface area contributed by atoms with Gasteiger partial charge in [0.2, 0.25) is 10.0 Å². The number of likely N-dealkylation sites (tertiary alicyclic amines) is 1. The third-order valence-electron chi connectivity index (χ3n) is 3.88. The van der Waals surface area contributed by atoms with Crippen LogP contribution in [-0.2, 0) is 16.6 Å². The summed E-state index contributed by atoms with van der Waals surface area (Å²) in [6.07, 6.45) is 3.45. The number of rotatable bonds is 7. The monoisotopic (exact) mass is 331 g/mol. The van der Waals surface area contributed by atoms with Crippen molar-refractivity contribution in [2.75, 3.05) is 26.7 Å². The number of nitrogens with zero attached hydrogens (tertiary/aromatic N) is 1. The lowest BCUT2D eigenvalue weighted by Crippen LogP contribution is -2.44. The molecule has 5 nitrogen and oxygen atoms in total. The molecule has 1 aliphatic rings. The van der Waals surface area contributed by atoms with Gasteiger partial charge in [-0.3, -0.25) is 0 Å². The van der Waals surface area contributed by atoms with E-state index < -0.39 is 10.0 Å². The van der Waals surface area contributed by atoms with E-state index in [4.69, 9.17) is 0 Å². The van der Waals surface area contributed by atoms with Gasteiger partial charge < -0.3 is 10.2 Å². The Hall–Kier alpha value is -0.470. The second-order valence-electron chi connectivity index (χ2n) is 5.48. The van der Waals surface area contributed by atoms with Gasteiger partial charge in [0.05, 0.1) is 0 Å². The second-order valence-corrected chi connectivity index (χ2v) is 8.65. The molecule has 1 aromatic heterocycles. The van der Waals surface area contributed by atoms with E-state index in [-0.39, 0.29) is 0 Å². The van der Waals surface area contributed by atoms with E-state index in [0.717, 1.165) is 30.9 Å². The third-order valence-corrected chi connectivity index (χ3v) is 6.88. The maximum absolute atomic E-state index is 12.3. The van der Waals surface area contributed by atoms with E-state index in [1.54, 1.807) is 6.07 Å². The van der Waals surface area contributed by atoms with E-state index in [2.05, 4.69) is 22.0 Å². The fourth-order valence-electron chi connectivity index (χ4n) is 2.52. The minimum absolute atomic E-state index is 0.315. The Balaban J connectivity index is 1.93. The van der Waals surface area contributed by atoms with E-state index >= 15 is 0 Å². The number of thiophene rings is 1. The van der Waals surface area contributed by atoms with Crippen LogP contribution < -0.4 is 10.0 Å². The predicted molar refractivity (Wildman–Crippen MR) is 87.2 cm³/mol. The summed E-state index contributed by atoms with van der Waals surface area (Å²) in [5, 5.41) is 3.21. The van der Waals surface area contributed by atoms with Gasteiger partial charge in [-0.05, 0) is 45.1 Å². The number of piperidine rings is 1. The van der Waals surface area contributed by atoms with Crippen molar-refractivity contribution in [3.8, 4) is 0 Å². The maximum Gasteiger partial charge on any atom is 0.250 e. The number of hydrogen-bond donors (Lipinski definition) is 2. The first-order valence-corrected chi connectivity index (χ1v) is 9.82. The first-order chi connectivity index (χ1) is 10.0. The highest BCUT2D eigenvalue weighted by atomic mass is 32.2. The zero-order chi connectivity index (χ0) is 15.3. The van der Waals surface area contributed by atoms with Crippen LogP contribution in [0.25, 0.3) is 0 Å². The predicted octanol–water partition coefficient (Wildman–Crippen LogP) is 1.62. The van der Waals surface area contributed by atoms with Gasteiger partial charge >= 0.3 is 0 Å². The van der Waals surface area contributed by atoms with Gasteiger partial charge in [-0.15, -0.1) is 11.3 Å². The molecule has 120 valence electrons. The number of nitrogens with one attached hydrogen (secondary N) is 2. The van der Waals surface area contributed by atoms with Crippen molar-refractivity contribution in [2.45, 2.75) is 43.0 Å². The molecular weight excluding hydrogens is 306 g/mol. The lowest BCUT2D eigenvalue weighted by molar-refractivity contribution is 0.187. The van der Waals surface area contributed by atoms with Crippen molar-refractivity contribution in [2.24, 2.45) is 0 Å². The van der Waals surface area contributed by atoms with Gasteiger partial charge in [-0.1, -0.05) is 13.3 Å². The van der Waals surface area contributed by atoms with Crippen LogP contribution in [0.15, 0.2) is 16.3 Å². The molecule has 7 heteroatoms. The Morgan fingerprint density at radius 1 is 1.38 bits per heavy atom. The molecule has 21 heavy (non-hydrogen) atoms. The fourth-order valence-corrected chi connectivity index (χ4v) is 4.97. The smallest absolute Gasteiger partial charge is 0.250 e. The zero-order valence-corrected chi connectivity index (χ0v) is 14.4. The first-order valence-electron chi connectivity index (χ1n) is 7.52. The van der Waals surface area contributed by atoms with Gasteiger partial charge in [0.25, 0.3) is 0 Å². The highest BCUT2D eigenvalue weighted by Crippen LogP contribution is 2.22. The topological polar surface area (TPSA) is 61.4 Å². The van der Waals surface area contributed by atoms with Crippen molar-refractivity contribution in [1.29, 1.82) is 0 Å². The highest BCUT2D eigenvalue weighted by molar-refractivity contribution is 7.91. The quantitative estimate of drug-likeness (QED) is 0.797. The molecule has 0 aliphatic carbocycles. The van der Waals surface area contributed by atoms with E-state index in [1.807, 2.05) is 13.0 Å². The van der Waals surface area contributed by atoms with Crippen LogP contribution in [-0.4, -0.2) is 46.0 Å². The van der Waals surface area contributed by atoms with E-state index in [1.165, 1.54) is 24.2 Å². The Morgan fingerprint density at radius 2 is 2.19 bits per heavy atom. The summed E-state index contributed by atoms with van der Waals surface area (Å²) in [5.74, 6) is 0. The maximum atomic E-state index is 12.3. The molecule has 2 N–H and O–H groups in total. The molecule has 2 heterocycles. The van der Waals surface area contributed by atoms with Crippen molar-refractivity contribution >= 4 is 21.4 Å². The SMILES string of the molecule is CCNCc1ccc(S(=O)(=O)NCC2CCCCN2C)s1. The molecule has 1 saturated heterocycles. The Kier molecular flexibility index (Phi) is 6.19. The Bertz CT molecular complexity index is 542. The summed E-state index contributed by atoms with van der Waals surface area (Å²) >= 11 is 1.34. The molecular formula is C14H25N3O2S2. The van der Waals surface area contributed by atoms with E-state index in [9.17, 15) is 8.42 Å². The van der Waals surface area contributed by atoms with Crippen LogP contribution in [0.4, 0.5) is 0 Å². The molecule has 0 aromatic carbocycles. The molecule has 0 radical (unpaired) electrons. The minimum atomic E-state index is -3.37. The summed E-state index contributed by atoms with van der Waals surface area (Å²) in [6.45, 7) is 5.19. The lowest BCUT2D eigenvalue weighted by atomic mass is 10.0. The number of likely N-dealkylation sites (N-methyl/N-ethyl adjacent to an activating group) is 1. The second kappa shape index (κ2) is 7.69. The number of hydrogen-bond acceptors (Lipinski definition) is 5. The first kappa shape index (κ1) is 16.9. The fraction of sp³-hybridized carbons (Fsp3) is 0.714. The largest absolute Gasteiger partial charge is 0.312 e. The van der Waals surface area contributed by atoms with Crippen LogP contribution in [0.5, 0.6) is 0 Å². The highest BCUT2D eigenvalue weighted by Gasteiger charge is 2.22. The minimum Gasteiger partial charge on any atom is -0.312 e. The molecule has 0 bridgehead atoms. The normalized spacial score (nSPS) is 20.8. The van der Waals surface area contributed by atoms with Crippen LogP contribution in [0.1, 0.15) is 31.1 Å². The molecule has 1 unspecified atom stereocenters. The molecule has 1 aliphatic heterocycles. The van der Waals surface area contributed by atoms with Gasteiger partial charge in [-0.25, -0.2) is 13.1 Å². The molecule has 1 fully saturated rings. The molecule has 1 aromatic rings. The summed E-state index contributed by atoms with van der Waals surface area (Å²) < 4.78 is 27.8. The van der Waals surface area contributed by atoms with Crippen molar-refractivity contribution in [3.63, 3.8) is 0 Å². The van der Waals surface area contributed by atoms with Gasteiger partial charge in [0, 0.05) is 24.0 Å². The van der Waals surface area contributed by atoms with Crippen LogP contribution in [0, 0.1) is 0 Å². The van der Waals surface area contributed by atoms with E-state index in [0.29, 0.717) is 16.8 Å². The van der Waals surface area contributed by atoms with Crippen LogP contribution >= 0.6 is 11.3 Å². The molecule has 2 rings (SSSR count). The Morgan fingerprint density at radius 3 is 2.90 bits per heavy atom. The molecule has 0 spiro atoms. The van der Waals surface area contributed by atoms with Gasteiger partial charge in [0.1, 0.15) is 4.21 Å². The van der Waals surface area contributed by atoms with Gasteiger partial charge in [-0.2, -0.15) is 0 Å².